The number of aliphatic hydroxyl groups excluding tert-OH is 1. The molecule has 1 atom stereocenters. The molecule has 0 fully saturated rings. The summed E-state index contributed by atoms with van der Waals surface area (Å²) < 4.78 is 0. The molecule has 0 aliphatic carbocycles. The summed E-state index contributed by atoms with van der Waals surface area (Å²) in [5, 5.41) is 9.59. The van der Waals surface area contributed by atoms with Crippen LogP contribution in [-0.2, 0) is 32.7 Å². The number of aliphatic hydroxyl groups is 1. The average molecular weight is 205 g/mol. The zero-order chi connectivity index (χ0) is 4.99. The molecular weight excluding hydrogens is 192 g/mol. The van der Waals surface area contributed by atoms with E-state index in [4.69, 9.17) is 5.11 Å². The van der Waals surface area contributed by atoms with Crippen LogP contribution in [0.15, 0.2) is 0 Å². The first-order valence-corrected chi connectivity index (χ1v) is 4.20. The Hall–Kier alpha value is 1.60. The number of rotatable bonds is 2. The molecule has 1 N–H and O–H groups in total. The molecule has 8 heavy (non-hydrogen) atoms. The third-order valence-electron chi connectivity index (χ3n) is 0.577. The molecular formula is C5H13AlOY-. The van der Waals surface area contributed by atoms with Gasteiger partial charge in [0.15, 0.2) is 15.2 Å². The number of hydrogen-bond donors (Lipinski definition) is 1. The third kappa shape index (κ3) is 15.6. The van der Waals surface area contributed by atoms with Crippen LogP contribution in [-0.4, -0.2) is 26.4 Å². The molecule has 0 aliphatic heterocycles. The third-order valence-corrected chi connectivity index (χ3v) is 1.73. The van der Waals surface area contributed by atoms with Gasteiger partial charge in [-0.25, -0.2) is 0 Å². The van der Waals surface area contributed by atoms with Gasteiger partial charge in [-0.3, -0.25) is 0 Å². The summed E-state index contributed by atoms with van der Waals surface area (Å²) in [6, 6.07) is 0. The van der Waals surface area contributed by atoms with Crippen molar-refractivity contribution in [3.63, 3.8) is 0 Å². The van der Waals surface area contributed by atoms with E-state index in [0.29, 0.717) is 15.2 Å². The molecule has 0 aromatic rings. The van der Waals surface area contributed by atoms with Gasteiger partial charge in [-0.05, 0) is 6.92 Å². The zero-order valence-corrected chi connectivity index (χ0v) is 9.88. The molecule has 0 saturated heterocycles. The zero-order valence-electron chi connectivity index (χ0n) is 5.89. The summed E-state index contributed by atoms with van der Waals surface area (Å²) in [4.78, 5) is 0. The van der Waals surface area contributed by atoms with Crippen molar-refractivity contribution in [3.05, 3.63) is 7.43 Å². The van der Waals surface area contributed by atoms with Crippen LogP contribution in [0.25, 0.3) is 0 Å². The molecule has 46 valence electrons. The Kier molecular flexibility index (Phi) is 23.2. The van der Waals surface area contributed by atoms with Crippen molar-refractivity contribution in [2.75, 3.05) is 0 Å². The fourth-order valence-electron chi connectivity index (χ4n) is 0.341. The van der Waals surface area contributed by atoms with Gasteiger partial charge in [-0.2, -0.15) is 0 Å². The van der Waals surface area contributed by atoms with E-state index in [1.165, 1.54) is 0 Å². The fraction of sp³-hybridized carbons (Fsp3) is 0.800. The quantitative estimate of drug-likeness (QED) is 0.526. The Bertz CT molecular complexity index is 33.6. The van der Waals surface area contributed by atoms with E-state index in [0.717, 1.165) is 5.28 Å². The Morgan fingerprint density at radius 1 is 1.62 bits per heavy atom. The minimum Gasteiger partial charge on any atom is -0.395 e. The fourth-order valence-corrected chi connectivity index (χ4v) is 1.02. The van der Waals surface area contributed by atoms with Crippen LogP contribution in [0.1, 0.15) is 6.92 Å². The second kappa shape index (κ2) is 11.4. The van der Waals surface area contributed by atoms with Gasteiger partial charge in [0.2, 0.25) is 0 Å². The van der Waals surface area contributed by atoms with Gasteiger partial charge in [0.1, 0.15) is 0 Å². The summed E-state index contributed by atoms with van der Waals surface area (Å²) in [7, 11) is 0. The maximum absolute atomic E-state index is 8.57. The van der Waals surface area contributed by atoms with Gasteiger partial charge < -0.3 is 12.5 Å². The molecule has 0 heterocycles. The predicted molar refractivity (Wildman–Crippen MR) is 34.5 cm³/mol. The first-order valence-electron chi connectivity index (χ1n) is 2.23. The van der Waals surface area contributed by atoms with Gasteiger partial charge in [0.25, 0.3) is 0 Å². The normalized spacial score (nSPS) is 10.4. The smallest absolute Gasteiger partial charge is 0.199 e. The van der Waals surface area contributed by atoms with Crippen molar-refractivity contribution in [2.45, 2.75) is 24.1 Å². The molecule has 0 aliphatic rings. The van der Waals surface area contributed by atoms with Gasteiger partial charge in [-0.15, -0.1) is 5.79 Å². The molecule has 0 saturated carbocycles. The standard InChI is InChI=1S/C3H7O.2CH3.Al.Y/c1-3(2)4;;;;/h3-4H,1H2,2H3;2*1H3;;/q;;-1;;. The molecule has 0 bridgehead atoms. The van der Waals surface area contributed by atoms with E-state index in [9.17, 15) is 0 Å². The SMILES string of the molecule is [CH3-].[CH3][Al][CH2]C(C)O.[Y]. The maximum atomic E-state index is 8.57. The van der Waals surface area contributed by atoms with Crippen molar-refractivity contribution in [3.8, 4) is 0 Å². The largest absolute Gasteiger partial charge is 0.395 e. The van der Waals surface area contributed by atoms with Crippen LogP contribution in [0, 0.1) is 7.43 Å². The second-order valence-corrected chi connectivity index (χ2v) is 2.78. The van der Waals surface area contributed by atoms with E-state index in [-0.39, 0.29) is 46.2 Å². The Morgan fingerprint density at radius 3 is 2.00 bits per heavy atom. The first kappa shape index (κ1) is 16.3. The van der Waals surface area contributed by atoms with Crippen molar-refractivity contribution in [1.29, 1.82) is 0 Å². The monoisotopic (exact) mass is 205 g/mol. The van der Waals surface area contributed by atoms with E-state index >= 15 is 0 Å². The van der Waals surface area contributed by atoms with E-state index in [1.807, 2.05) is 6.92 Å². The summed E-state index contributed by atoms with van der Waals surface area (Å²) in [5.74, 6) is 2.15. The van der Waals surface area contributed by atoms with Gasteiger partial charge >= 0.3 is 0 Å². The van der Waals surface area contributed by atoms with Crippen LogP contribution in [0.3, 0.4) is 0 Å². The number of hydrogen-bond acceptors (Lipinski definition) is 1. The van der Waals surface area contributed by atoms with Crippen molar-refractivity contribution in [1.82, 2.24) is 0 Å². The minimum absolute atomic E-state index is 0. The van der Waals surface area contributed by atoms with Crippen LogP contribution in [0.2, 0.25) is 11.1 Å². The summed E-state index contributed by atoms with van der Waals surface area (Å²) in [6.45, 7) is 1.83. The summed E-state index contributed by atoms with van der Waals surface area (Å²) in [6.07, 6.45) is -0.0648. The molecule has 0 spiro atoms. The molecule has 0 aromatic heterocycles. The molecule has 0 rings (SSSR count). The van der Waals surface area contributed by atoms with Crippen molar-refractivity contribution < 1.29 is 37.8 Å². The van der Waals surface area contributed by atoms with E-state index in [1.54, 1.807) is 0 Å². The van der Waals surface area contributed by atoms with E-state index < -0.39 is 0 Å². The predicted octanol–water partition coefficient (Wildman–Crippen LogP) is 0.986. The molecule has 1 nitrogen and oxygen atoms in total. The molecule has 0 amide bonds. The van der Waals surface area contributed by atoms with Gasteiger partial charge in [0.05, 0.1) is 0 Å². The molecule has 1 unspecified atom stereocenters. The topological polar surface area (TPSA) is 20.2 Å². The van der Waals surface area contributed by atoms with Crippen molar-refractivity contribution >= 4 is 15.2 Å². The maximum Gasteiger partial charge on any atom is 0.199 e. The first-order chi connectivity index (χ1) is 2.77. The van der Waals surface area contributed by atoms with Crippen LogP contribution in [0.5, 0.6) is 0 Å². The van der Waals surface area contributed by atoms with Crippen LogP contribution >= 0.6 is 0 Å². The molecule has 3 heteroatoms. The van der Waals surface area contributed by atoms with Gasteiger partial charge in [0, 0.05) is 38.8 Å². The van der Waals surface area contributed by atoms with Crippen molar-refractivity contribution in [2.24, 2.45) is 0 Å². The van der Waals surface area contributed by atoms with Gasteiger partial charge in [-0.1, -0.05) is 5.28 Å². The summed E-state index contributed by atoms with van der Waals surface area (Å²) >= 11 is 0.502. The summed E-state index contributed by atoms with van der Waals surface area (Å²) in [5.41, 5.74) is 0. The Labute approximate surface area is 83.8 Å². The Balaban J connectivity index is -0.000000125. The average Bonchev–Trinajstić information content (AvgIpc) is 1.35. The second-order valence-electron chi connectivity index (χ2n) is 1.49. The minimum atomic E-state index is -0.0648. The molecule has 2 radical (unpaired) electrons. The van der Waals surface area contributed by atoms with E-state index in [2.05, 4.69) is 5.79 Å². The Morgan fingerprint density at radius 2 is 2.00 bits per heavy atom. The van der Waals surface area contributed by atoms with Crippen LogP contribution in [0.4, 0.5) is 0 Å². The molecule has 0 aromatic carbocycles. The van der Waals surface area contributed by atoms with Crippen LogP contribution < -0.4 is 0 Å².